The van der Waals surface area contributed by atoms with Crippen molar-refractivity contribution < 1.29 is 9.18 Å². The summed E-state index contributed by atoms with van der Waals surface area (Å²) in [6, 6.07) is 4.21. The molecular formula is C14H20BrFN2O. The molecule has 3 nitrogen and oxygen atoms in total. The summed E-state index contributed by atoms with van der Waals surface area (Å²) in [5.74, 6) is -0.488. The summed E-state index contributed by atoms with van der Waals surface area (Å²) < 4.78 is 13.8. The van der Waals surface area contributed by atoms with Crippen LogP contribution in [0, 0.1) is 11.2 Å². The molecule has 0 saturated carbocycles. The number of carbonyl (C=O) groups is 1. The molecule has 0 unspecified atom stereocenters. The van der Waals surface area contributed by atoms with Crippen molar-refractivity contribution in [3.63, 3.8) is 0 Å². The molecule has 0 aliphatic carbocycles. The van der Waals surface area contributed by atoms with Crippen molar-refractivity contribution >= 4 is 27.5 Å². The topological polar surface area (TPSA) is 55.1 Å². The largest absolute Gasteiger partial charge is 0.330 e. The van der Waals surface area contributed by atoms with Crippen LogP contribution >= 0.6 is 15.9 Å². The van der Waals surface area contributed by atoms with Crippen molar-refractivity contribution in [3.05, 3.63) is 28.5 Å². The maximum Gasteiger partial charge on any atom is 0.224 e. The van der Waals surface area contributed by atoms with Crippen molar-refractivity contribution in [3.8, 4) is 0 Å². The molecule has 0 spiro atoms. The van der Waals surface area contributed by atoms with E-state index in [1.165, 1.54) is 12.1 Å². The van der Waals surface area contributed by atoms with Gasteiger partial charge in [0.2, 0.25) is 5.91 Å². The van der Waals surface area contributed by atoms with Crippen molar-refractivity contribution in [1.29, 1.82) is 0 Å². The predicted octanol–water partition coefficient (Wildman–Crippen LogP) is 3.68. The van der Waals surface area contributed by atoms with Gasteiger partial charge in [-0.2, -0.15) is 0 Å². The maximum atomic E-state index is 13.1. The van der Waals surface area contributed by atoms with E-state index in [4.69, 9.17) is 5.73 Å². The molecule has 1 rings (SSSR count). The Balaban J connectivity index is 2.54. The van der Waals surface area contributed by atoms with Gasteiger partial charge in [0.05, 0.1) is 5.69 Å². The van der Waals surface area contributed by atoms with E-state index in [-0.39, 0.29) is 17.1 Å². The van der Waals surface area contributed by atoms with Crippen molar-refractivity contribution in [2.24, 2.45) is 11.1 Å². The maximum absolute atomic E-state index is 13.1. The highest BCUT2D eigenvalue weighted by atomic mass is 79.9. The second-order valence-electron chi connectivity index (χ2n) is 5.38. The third kappa shape index (κ3) is 5.70. The molecule has 0 aliphatic heterocycles. The second kappa shape index (κ2) is 7.01. The van der Waals surface area contributed by atoms with Crippen LogP contribution in [0.25, 0.3) is 0 Å². The first-order valence-corrected chi connectivity index (χ1v) is 7.08. The van der Waals surface area contributed by atoms with Crippen molar-refractivity contribution in [1.82, 2.24) is 0 Å². The average Bonchev–Trinajstić information content (AvgIpc) is 2.31. The summed E-state index contributed by atoms with van der Waals surface area (Å²) >= 11 is 3.28. The lowest BCUT2D eigenvalue weighted by molar-refractivity contribution is -0.116. The number of halogens is 2. The summed E-state index contributed by atoms with van der Waals surface area (Å²) in [7, 11) is 0. The van der Waals surface area contributed by atoms with E-state index in [9.17, 15) is 9.18 Å². The Hall–Kier alpha value is -0.940. The van der Waals surface area contributed by atoms with E-state index < -0.39 is 0 Å². The fourth-order valence-electron chi connectivity index (χ4n) is 1.77. The van der Waals surface area contributed by atoms with Crippen LogP contribution in [0.15, 0.2) is 22.7 Å². The standard InChI is InChI=1S/C14H20BrFN2O/c1-14(2,7-8-17)6-5-13(19)18-12-9-10(16)3-4-11(12)15/h3-4,9H,5-8,17H2,1-2H3,(H,18,19). The highest BCUT2D eigenvalue weighted by Crippen LogP contribution is 2.27. The molecule has 0 radical (unpaired) electrons. The number of nitrogens with two attached hydrogens (primary N) is 1. The lowest BCUT2D eigenvalue weighted by Gasteiger charge is -2.23. The minimum absolute atomic E-state index is 0.0469. The molecule has 0 fully saturated rings. The Labute approximate surface area is 121 Å². The quantitative estimate of drug-likeness (QED) is 0.835. The Bertz CT molecular complexity index is 449. The van der Waals surface area contributed by atoms with Crippen LogP contribution in [0.3, 0.4) is 0 Å². The molecule has 0 aliphatic rings. The fraction of sp³-hybridized carbons (Fsp3) is 0.500. The van der Waals surface area contributed by atoms with Crippen LogP contribution in [-0.4, -0.2) is 12.5 Å². The number of amides is 1. The lowest BCUT2D eigenvalue weighted by atomic mass is 9.84. The number of hydrogen-bond donors (Lipinski definition) is 2. The minimum Gasteiger partial charge on any atom is -0.330 e. The van der Waals surface area contributed by atoms with Gasteiger partial charge in [-0.3, -0.25) is 4.79 Å². The SMILES string of the molecule is CC(C)(CCN)CCC(=O)Nc1cc(F)ccc1Br. The van der Waals surface area contributed by atoms with Crippen molar-refractivity contribution in [2.75, 3.05) is 11.9 Å². The van der Waals surface area contributed by atoms with Gasteiger partial charge in [0, 0.05) is 10.9 Å². The third-order valence-corrected chi connectivity index (χ3v) is 3.74. The lowest BCUT2D eigenvalue weighted by Crippen LogP contribution is -2.20. The molecule has 0 aromatic heterocycles. The van der Waals surface area contributed by atoms with Crippen LogP contribution in [0.1, 0.15) is 33.1 Å². The summed E-state index contributed by atoms with van der Waals surface area (Å²) in [6.07, 6.45) is 2.03. The molecule has 0 atom stereocenters. The normalized spacial score (nSPS) is 11.4. The number of benzene rings is 1. The minimum atomic E-state index is -0.373. The van der Waals surface area contributed by atoms with Crippen LogP contribution in [-0.2, 0) is 4.79 Å². The molecule has 19 heavy (non-hydrogen) atoms. The van der Waals surface area contributed by atoms with Crippen molar-refractivity contribution in [2.45, 2.75) is 33.1 Å². The average molecular weight is 331 g/mol. The summed E-state index contributed by atoms with van der Waals surface area (Å²) in [5.41, 5.74) is 6.04. The van der Waals surface area contributed by atoms with E-state index in [1.54, 1.807) is 6.07 Å². The first kappa shape index (κ1) is 16.1. The summed E-state index contributed by atoms with van der Waals surface area (Å²) in [4.78, 5) is 11.8. The highest BCUT2D eigenvalue weighted by molar-refractivity contribution is 9.10. The Morgan fingerprint density at radius 3 is 2.74 bits per heavy atom. The number of anilines is 1. The van der Waals surface area contributed by atoms with Gasteiger partial charge in [-0.25, -0.2) is 4.39 Å². The first-order chi connectivity index (χ1) is 8.84. The highest BCUT2D eigenvalue weighted by Gasteiger charge is 2.18. The molecule has 1 aromatic rings. The number of rotatable bonds is 6. The fourth-order valence-corrected chi connectivity index (χ4v) is 2.12. The van der Waals surface area contributed by atoms with Gasteiger partial charge >= 0.3 is 0 Å². The van der Waals surface area contributed by atoms with Crippen LogP contribution in [0.5, 0.6) is 0 Å². The third-order valence-electron chi connectivity index (χ3n) is 3.05. The Morgan fingerprint density at radius 1 is 1.42 bits per heavy atom. The Kier molecular flexibility index (Phi) is 5.94. The first-order valence-electron chi connectivity index (χ1n) is 6.29. The monoisotopic (exact) mass is 330 g/mol. The van der Waals surface area contributed by atoms with Gasteiger partial charge < -0.3 is 11.1 Å². The van der Waals surface area contributed by atoms with Gasteiger partial charge in [0.15, 0.2) is 0 Å². The van der Waals surface area contributed by atoms with Crippen LogP contribution < -0.4 is 11.1 Å². The van der Waals surface area contributed by atoms with E-state index >= 15 is 0 Å². The molecule has 1 aromatic carbocycles. The molecule has 0 bridgehead atoms. The van der Waals surface area contributed by atoms with Crippen LogP contribution in [0.4, 0.5) is 10.1 Å². The van der Waals surface area contributed by atoms with E-state index in [0.717, 1.165) is 12.8 Å². The van der Waals surface area contributed by atoms with E-state index in [0.29, 0.717) is 23.1 Å². The predicted molar refractivity (Wildman–Crippen MR) is 79.4 cm³/mol. The molecule has 5 heteroatoms. The van der Waals surface area contributed by atoms with E-state index in [1.807, 2.05) is 0 Å². The Morgan fingerprint density at radius 2 is 2.11 bits per heavy atom. The van der Waals surface area contributed by atoms with E-state index in [2.05, 4.69) is 35.1 Å². The number of nitrogens with one attached hydrogen (secondary N) is 1. The second-order valence-corrected chi connectivity index (χ2v) is 6.23. The van der Waals surface area contributed by atoms with Gasteiger partial charge in [0.1, 0.15) is 5.82 Å². The molecule has 3 N–H and O–H groups in total. The molecule has 0 heterocycles. The number of hydrogen-bond acceptors (Lipinski definition) is 2. The molecule has 1 amide bonds. The number of carbonyl (C=O) groups excluding carboxylic acids is 1. The van der Waals surface area contributed by atoms with Gasteiger partial charge in [-0.1, -0.05) is 13.8 Å². The zero-order valence-corrected chi connectivity index (χ0v) is 12.9. The zero-order chi connectivity index (χ0) is 14.5. The summed E-state index contributed by atoms with van der Waals surface area (Å²) in [6.45, 7) is 4.79. The summed E-state index contributed by atoms with van der Waals surface area (Å²) in [5, 5.41) is 2.71. The van der Waals surface area contributed by atoms with Gasteiger partial charge in [-0.05, 0) is 58.9 Å². The zero-order valence-electron chi connectivity index (χ0n) is 11.3. The van der Waals surface area contributed by atoms with Gasteiger partial charge in [-0.15, -0.1) is 0 Å². The molecular weight excluding hydrogens is 311 g/mol. The molecule has 0 saturated heterocycles. The van der Waals surface area contributed by atoms with Gasteiger partial charge in [0.25, 0.3) is 0 Å². The smallest absolute Gasteiger partial charge is 0.224 e. The van der Waals surface area contributed by atoms with Crippen LogP contribution in [0.2, 0.25) is 0 Å². The molecule has 106 valence electrons.